The van der Waals surface area contributed by atoms with Crippen molar-refractivity contribution in [2.75, 3.05) is 5.01 Å². The van der Waals surface area contributed by atoms with Gasteiger partial charge < -0.3 is 19.5 Å². The van der Waals surface area contributed by atoms with Crippen molar-refractivity contribution >= 4 is 29.5 Å². The second-order valence-corrected chi connectivity index (χ2v) is 10.2. The van der Waals surface area contributed by atoms with Crippen molar-refractivity contribution in [3.63, 3.8) is 0 Å². The minimum absolute atomic E-state index is 0.0492. The molecule has 5 aromatic rings. The van der Waals surface area contributed by atoms with E-state index in [1.54, 1.807) is 29.3 Å². The van der Waals surface area contributed by atoms with Crippen LogP contribution in [0.4, 0.5) is 21.0 Å². The maximum absolute atomic E-state index is 13.8. The first-order valence-corrected chi connectivity index (χ1v) is 14.7. The van der Waals surface area contributed by atoms with Crippen LogP contribution in [0, 0.1) is 0 Å². The summed E-state index contributed by atoms with van der Waals surface area (Å²) in [5.74, 6) is -0.188. The molecule has 46 heavy (non-hydrogen) atoms. The lowest BCUT2D eigenvalue weighted by Gasteiger charge is -2.28. The second-order valence-electron chi connectivity index (χ2n) is 10.2. The lowest BCUT2D eigenvalue weighted by molar-refractivity contribution is -0.123. The Hall–Kier alpha value is -6.09. The summed E-state index contributed by atoms with van der Waals surface area (Å²) in [6.45, 7) is 0.136. The predicted octanol–water partition coefficient (Wildman–Crippen LogP) is 7.11. The smallest absolute Gasteiger partial charge is 0.445 e. The number of hydrogen-bond acceptors (Lipinski definition) is 7. The van der Waals surface area contributed by atoms with Gasteiger partial charge in [-0.15, -0.1) is 0 Å². The van der Waals surface area contributed by atoms with E-state index in [9.17, 15) is 14.4 Å². The average molecular weight is 616 g/mol. The fourth-order valence-electron chi connectivity index (χ4n) is 4.51. The first-order chi connectivity index (χ1) is 22.5. The van der Waals surface area contributed by atoms with Gasteiger partial charge >= 0.3 is 12.2 Å². The van der Waals surface area contributed by atoms with Crippen LogP contribution in [0.5, 0.6) is 5.75 Å². The van der Waals surface area contributed by atoms with E-state index in [1.807, 2.05) is 121 Å². The van der Waals surface area contributed by atoms with Crippen molar-refractivity contribution in [3.05, 3.63) is 162 Å². The SMILES string of the molecule is O=C(N[C@H](Cc1ccc(OC(=O)OCc2ccccc2)cc1)C(=O)NN(c1ccccc1)c1ccccc1)OCc1ccccc1. The number of amides is 2. The highest BCUT2D eigenvalue weighted by Crippen LogP contribution is 2.23. The van der Waals surface area contributed by atoms with E-state index in [0.717, 1.165) is 22.5 Å². The minimum atomic E-state index is -1.01. The molecule has 0 spiro atoms. The van der Waals surface area contributed by atoms with Gasteiger partial charge in [0.1, 0.15) is 25.0 Å². The zero-order chi connectivity index (χ0) is 32.0. The molecule has 2 amide bonds. The van der Waals surface area contributed by atoms with Gasteiger partial charge in [-0.2, -0.15) is 0 Å². The Balaban J connectivity index is 1.27. The first-order valence-electron chi connectivity index (χ1n) is 14.7. The largest absolute Gasteiger partial charge is 0.514 e. The highest BCUT2D eigenvalue weighted by atomic mass is 16.7. The first kappa shape index (κ1) is 31.3. The molecule has 0 fully saturated rings. The molecule has 0 bridgehead atoms. The summed E-state index contributed by atoms with van der Waals surface area (Å²) in [7, 11) is 0. The fraction of sp³-hybridized carbons (Fsp3) is 0.108. The van der Waals surface area contributed by atoms with Gasteiger partial charge in [-0.3, -0.25) is 15.2 Å². The summed E-state index contributed by atoms with van der Waals surface area (Å²) in [6, 6.07) is 42.9. The number of nitrogens with zero attached hydrogens (tertiary/aromatic N) is 1. The lowest BCUT2D eigenvalue weighted by Crippen LogP contribution is -2.52. The van der Waals surface area contributed by atoms with Crippen LogP contribution in [-0.4, -0.2) is 24.2 Å². The Morgan fingerprint density at radius 3 is 1.57 bits per heavy atom. The van der Waals surface area contributed by atoms with Crippen LogP contribution >= 0.6 is 0 Å². The molecule has 0 saturated carbocycles. The van der Waals surface area contributed by atoms with Gasteiger partial charge in [0.05, 0.1) is 11.4 Å². The van der Waals surface area contributed by atoms with Crippen molar-refractivity contribution in [2.45, 2.75) is 25.7 Å². The Morgan fingerprint density at radius 1 is 0.565 bits per heavy atom. The molecule has 0 aliphatic rings. The molecule has 0 aliphatic heterocycles. The van der Waals surface area contributed by atoms with Crippen LogP contribution in [-0.2, 0) is 33.9 Å². The van der Waals surface area contributed by atoms with Crippen molar-refractivity contribution in [3.8, 4) is 5.75 Å². The van der Waals surface area contributed by atoms with E-state index in [0.29, 0.717) is 5.56 Å². The highest BCUT2D eigenvalue weighted by Gasteiger charge is 2.25. The van der Waals surface area contributed by atoms with Crippen molar-refractivity contribution in [2.24, 2.45) is 0 Å². The van der Waals surface area contributed by atoms with Gasteiger partial charge in [-0.1, -0.05) is 109 Å². The maximum atomic E-state index is 13.8. The van der Waals surface area contributed by atoms with E-state index in [4.69, 9.17) is 14.2 Å². The van der Waals surface area contributed by atoms with Crippen LogP contribution in [0.3, 0.4) is 0 Å². The van der Waals surface area contributed by atoms with Gasteiger partial charge in [-0.25, -0.2) is 9.59 Å². The summed E-state index contributed by atoms with van der Waals surface area (Å²) in [5.41, 5.74) is 6.78. The Labute approximate surface area is 267 Å². The third kappa shape index (κ3) is 9.45. The molecule has 5 aromatic carbocycles. The van der Waals surface area contributed by atoms with E-state index in [1.165, 1.54) is 0 Å². The molecule has 0 aliphatic carbocycles. The van der Waals surface area contributed by atoms with Crippen LogP contribution in [0.15, 0.2) is 146 Å². The zero-order valence-corrected chi connectivity index (χ0v) is 25.0. The topological polar surface area (TPSA) is 106 Å². The van der Waals surface area contributed by atoms with Gasteiger partial charge in [0.15, 0.2) is 0 Å². The number of hydrogen-bond donors (Lipinski definition) is 2. The number of ether oxygens (including phenoxy) is 3. The summed E-state index contributed by atoms with van der Waals surface area (Å²) in [5, 5.41) is 4.37. The number of anilines is 2. The van der Waals surface area contributed by atoms with Gasteiger partial charge in [0, 0.05) is 6.42 Å². The normalized spacial score (nSPS) is 11.0. The number of carbonyl (C=O) groups is 3. The molecule has 0 aromatic heterocycles. The Kier molecular flexibility index (Phi) is 11.0. The van der Waals surface area contributed by atoms with E-state index in [2.05, 4.69) is 10.7 Å². The lowest BCUT2D eigenvalue weighted by atomic mass is 10.1. The predicted molar refractivity (Wildman–Crippen MR) is 174 cm³/mol. The summed E-state index contributed by atoms with van der Waals surface area (Å²) in [4.78, 5) is 38.9. The molecule has 1 atom stereocenters. The number of para-hydroxylation sites is 2. The molecular weight excluding hydrogens is 582 g/mol. The van der Waals surface area contributed by atoms with E-state index < -0.39 is 24.2 Å². The molecule has 9 nitrogen and oxygen atoms in total. The van der Waals surface area contributed by atoms with Crippen LogP contribution in [0.2, 0.25) is 0 Å². The molecule has 232 valence electrons. The molecule has 5 rings (SSSR count). The molecule has 0 radical (unpaired) electrons. The third-order valence-corrected chi connectivity index (χ3v) is 6.84. The number of rotatable bonds is 12. The van der Waals surface area contributed by atoms with E-state index in [-0.39, 0.29) is 25.4 Å². The van der Waals surface area contributed by atoms with Crippen LogP contribution in [0.25, 0.3) is 0 Å². The Morgan fingerprint density at radius 2 is 1.04 bits per heavy atom. The number of carbonyl (C=O) groups excluding carboxylic acids is 3. The van der Waals surface area contributed by atoms with Crippen molar-refractivity contribution in [1.82, 2.24) is 10.7 Å². The third-order valence-electron chi connectivity index (χ3n) is 6.84. The molecule has 9 heteroatoms. The van der Waals surface area contributed by atoms with Crippen molar-refractivity contribution < 1.29 is 28.6 Å². The molecule has 0 heterocycles. The van der Waals surface area contributed by atoms with Crippen LogP contribution < -0.4 is 20.5 Å². The number of alkyl carbamates (subject to hydrolysis) is 1. The summed E-state index contributed by atoms with van der Waals surface area (Å²) >= 11 is 0. The molecule has 0 unspecified atom stereocenters. The fourth-order valence-corrected chi connectivity index (χ4v) is 4.51. The van der Waals surface area contributed by atoms with Crippen molar-refractivity contribution in [1.29, 1.82) is 0 Å². The molecule has 2 N–H and O–H groups in total. The summed E-state index contributed by atoms with van der Waals surface area (Å²) in [6.07, 6.45) is -1.45. The van der Waals surface area contributed by atoms with Crippen LogP contribution in [0.1, 0.15) is 16.7 Å². The van der Waals surface area contributed by atoms with Gasteiger partial charge in [0.2, 0.25) is 0 Å². The maximum Gasteiger partial charge on any atom is 0.514 e. The monoisotopic (exact) mass is 615 g/mol. The number of nitrogens with one attached hydrogen (secondary N) is 2. The zero-order valence-electron chi connectivity index (χ0n) is 25.0. The highest BCUT2D eigenvalue weighted by molar-refractivity contribution is 5.88. The molecule has 0 saturated heterocycles. The molecular formula is C37H33N3O6. The number of hydrazine groups is 1. The quantitative estimate of drug-likeness (QED) is 0.0875. The van der Waals surface area contributed by atoms with E-state index >= 15 is 0 Å². The minimum Gasteiger partial charge on any atom is -0.445 e. The van der Waals surface area contributed by atoms with Gasteiger partial charge in [-0.05, 0) is 53.1 Å². The van der Waals surface area contributed by atoms with Gasteiger partial charge in [0.25, 0.3) is 5.91 Å². The standard InChI is InChI=1S/C37H33N3O6/c41-35(39-40(31-17-9-3-10-18-31)32-19-11-4-12-20-32)34(38-36(42)44-26-29-13-5-1-6-14-29)25-28-21-23-33(24-22-28)46-37(43)45-27-30-15-7-2-8-16-30/h1-24,34H,25-27H2,(H,38,42)(H,39,41)/t34-/m1/s1. The second kappa shape index (κ2) is 16.1. The number of benzene rings is 5. The summed E-state index contributed by atoms with van der Waals surface area (Å²) < 4.78 is 15.9. The average Bonchev–Trinajstić information content (AvgIpc) is 3.11. The Bertz CT molecular complexity index is 1650.